The van der Waals surface area contributed by atoms with E-state index in [1.165, 1.54) is 11.0 Å². The number of alkyl halides is 2. The van der Waals surface area contributed by atoms with Crippen LogP contribution < -0.4 is 14.8 Å². The zero-order chi connectivity index (χ0) is 22.7. The van der Waals surface area contributed by atoms with Gasteiger partial charge in [0, 0.05) is 19.1 Å². The number of rotatable bonds is 7. The van der Waals surface area contributed by atoms with Gasteiger partial charge in [-0.15, -0.1) is 0 Å². The molecule has 1 unspecified atom stereocenters. The van der Waals surface area contributed by atoms with E-state index in [-0.39, 0.29) is 30.9 Å². The molecule has 0 saturated carbocycles. The van der Waals surface area contributed by atoms with Crippen LogP contribution in [0.2, 0.25) is 0 Å². The zero-order valence-corrected chi connectivity index (χ0v) is 18.3. The van der Waals surface area contributed by atoms with Crippen molar-refractivity contribution in [2.24, 2.45) is 5.92 Å². The minimum atomic E-state index is -2.52. The van der Waals surface area contributed by atoms with Gasteiger partial charge in [-0.2, -0.15) is 10.1 Å². The molecule has 2 aliphatic heterocycles. The Morgan fingerprint density at radius 2 is 2.16 bits per heavy atom. The lowest BCUT2D eigenvalue weighted by Crippen LogP contribution is -2.49. The molecule has 174 valence electrons. The van der Waals surface area contributed by atoms with Gasteiger partial charge in [-0.25, -0.2) is 13.5 Å². The normalized spacial score (nSPS) is 22.9. The first-order valence-electron chi connectivity index (χ1n) is 11.0. The van der Waals surface area contributed by atoms with Crippen LogP contribution in [0.1, 0.15) is 37.8 Å². The highest BCUT2D eigenvalue weighted by Gasteiger charge is 2.39. The van der Waals surface area contributed by atoms with Gasteiger partial charge in [0.25, 0.3) is 12.3 Å². The summed E-state index contributed by atoms with van der Waals surface area (Å²) in [5.74, 6) is 1.44. The molecule has 1 amide bonds. The number of amides is 1. The molecule has 1 fully saturated rings. The molecule has 2 aromatic rings. The molecule has 0 spiro atoms. The molecule has 1 N–H and O–H groups in total. The number of benzene rings is 1. The quantitative estimate of drug-likeness (QED) is 0.699. The molecular formula is C22H29F2N5O3. The van der Waals surface area contributed by atoms with Crippen LogP contribution in [-0.4, -0.2) is 64.3 Å². The first kappa shape index (κ1) is 22.3. The van der Waals surface area contributed by atoms with Crippen LogP contribution in [0, 0.1) is 12.8 Å². The number of halogens is 2. The topological polar surface area (TPSA) is 81.5 Å². The molecule has 4 rings (SSSR count). The average molecular weight is 450 g/mol. The summed E-state index contributed by atoms with van der Waals surface area (Å²) in [5.41, 5.74) is 1.05. The molecule has 0 radical (unpaired) electrons. The van der Waals surface area contributed by atoms with Crippen molar-refractivity contribution in [2.75, 3.05) is 31.6 Å². The van der Waals surface area contributed by atoms with Gasteiger partial charge < -0.3 is 19.7 Å². The summed E-state index contributed by atoms with van der Waals surface area (Å²) >= 11 is 0. The lowest BCUT2D eigenvalue weighted by molar-refractivity contribution is -0.135. The number of piperidine rings is 1. The molecule has 8 nitrogen and oxygen atoms in total. The Bertz CT molecular complexity index is 938. The fourth-order valence-electron chi connectivity index (χ4n) is 4.50. The summed E-state index contributed by atoms with van der Waals surface area (Å²) in [6.45, 7) is 5.39. The van der Waals surface area contributed by atoms with Crippen LogP contribution in [0.15, 0.2) is 24.5 Å². The summed E-state index contributed by atoms with van der Waals surface area (Å²) in [4.78, 5) is 18.7. The molecular weight excluding hydrogens is 420 g/mol. The molecule has 3 atom stereocenters. The van der Waals surface area contributed by atoms with Gasteiger partial charge in [0.05, 0.1) is 6.61 Å². The summed E-state index contributed by atoms with van der Waals surface area (Å²) in [5, 5.41) is 7.18. The van der Waals surface area contributed by atoms with E-state index in [0.29, 0.717) is 37.1 Å². The highest BCUT2D eigenvalue weighted by atomic mass is 19.3. The van der Waals surface area contributed by atoms with Crippen molar-refractivity contribution in [3.63, 3.8) is 0 Å². The maximum absolute atomic E-state index is 13.6. The van der Waals surface area contributed by atoms with E-state index in [0.717, 1.165) is 18.4 Å². The molecule has 0 aliphatic carbocycles. The Morgan fingerprint density at radius 1 is 1.31 bits per heavy atom. The summed E-state index contributed by atoms with van der Waals surface area (Å²) in [6, 6.07) is 4.40. The Hall–Kier alpha value is -2.91. The minimum Gasteiger partial charge on any atom is -0.490 e. The third kappa shape index (κ3) is 4.78. The van der Waals surface area contributed by atoms with E-state index in [4.69, 9.17) is 9.47 Å². The van der Waals surface area contributed by atoms with Crippen molar-refractivity contribution >= 4 is 11.9 Å². The third-order valence-corrected chi connectivity index (χ3v) is 6.12. The fraction of sp³-hybridized carbons (Fsp3) is 0.591. The molecule has 1 aromatic carbocycles. The molecule has 0 bridgehead atoms. The molecule has 1 aromatic heterocycles. The van der Waals surface area contributed by atoms with E-state index in [1.807, 2.05) is 26.0 Å². The Morgan fingerprint density at radius 3 is 2.94 bits per heavy atom. The van der Waals surface area contributed by atoms with Gasteiger partial charge in [0.1, 0.15) is 12.4 Å². The van der Waals surface area contributed by atoms with Gasteiger partial charge in [0.15, 0.2) is 18.1 Å². The van der Waals surface area contributed by atoms with Crippen LogP contribution in [0.5, 0.6) is 11.5 Å². The van der Waals surface area contributed by atoms with Crippen molar-refractivity contribution in [1.82, 2.24) is 19.7 Å². The van der Waals surface area contributed by atoms with Crippen LogP contribution in [0.4, 0.5) is 14.7 Å². The van der Waals surface area contributed by atoms with Gasteiger partial charge in [-0.3, -0.25) is 4.79 Å². The molecule has 3 heterocycles. The minimum absolute atomic E-state index is 0.0535. The van der Waals surface area contributed by atoms with E-state index in [2.05, 4.69) is 15.4 Å². The zero-order valence-electron chi connectivity index (χ0n) is 18.3. The number of ether oxygens (including phenoxy) is 2. The van der Waals surface area contributed by atoms with Crippen molar-refractivity contribution in [1.29, 1.82) is 0 Å². The number of fused-ring (bicyclic) bond motifs is 1. The van der Waals surface area contributed by atoms with E-state index >= 15 is 0 Å². The van der Waals surface area contributed by atoms with Crippen LogP contribution in [-0.2, 0) is 4.79 Å². The highest BCUT2D eigenvalue weighted by Crippen LogP contribution is 2.35. The number of carbonyl (C=O) groups excluding carboxylic acids is 1. The standard InChI is InChI=1S/C22H29F2N5O3/c1-3-31-19-9-14(2)6-7-18(19)32-12-20(30)28-8-4-5-15(11-28)16-10-17(21(23)24)29-22(27-16)25-13-26-29/h6-7,9,13,15-17,21H,3-5,8,10-12H2,1-2H3,(H,25,26,27)/t15?,16-,17+/m0/s1. The largest absolute Gasteiger partial charge is 0.490 e. The van der Waals surface area contributed by atoms with E-state index < -0.39 is 12.5 Å². The number of hydrogen-bond acceptors (Lipinski definition) is 6. The first-order valence-corrected chi connectivity index (χ1v) is 11.0. The second-order valence-corrected chi connectivity index (χ2v) is 8.33. The maximum atomic E-state index is 13.6. The summed E-state index contributed by atoms with van der Waals surface area (Å²) < 4.78 is 39.8. The lowest BCUT2D eigenvalue weighted by atomic mass is 9.86. The number of carbonyl (C=O) groups is 1. The van der Waals surface area contributed by atoms with Crippen molar-refractivity contribution < 1.29 is 23.0 Å². The Kier molecular flexibility index (Phi) is 6.76. The SMILES string of the molecule is CCOc1cc(C)ccc1OCC(=O)N1CCCC([C@@H]2C[C@H](C(F)F)n3ncnc3N2)C1. The summed E-state index contributed by atoms with van der Waals surface area (Å²) in [7, 11) is 0. The van der Waals surface area contributed by atoms with Gasteiger partial charge in [0.2, 0.25) is 5.95 Å². The Balaban J connectivity index is 1.38. The number of likely N-dealkylation sites (tertiary alicyclic amines) is 1. The number of aryl methyl sites for hydroxylation is 1. The van der Waals surface area contributed by atoms with E-state index in [9.17, 15) is 13.6 Å². The second-order valence-electron chi connectivity index (χ2n) is 8.33. The Labute approximate surface area is 185 Å². The summed E-state index contributed by atoms with van der Waals surface area (Å²) in [6.07, 6.45) is 0.686. The third-order valence-electron chi connectivity index (χ3n) is 6.12. The smallest absolute Gasteiger partial charge is 0.260 e. The number of aromatic nitrogens is 3. The fourth-order valence-corrected chi connectivity index (χ4v) is 4.50. The first-order chi connectivity index (χ1) is 15.5. The maximum Gasteiger partial charge on any atom is 0.260 e. The van der Waals surface area contributed by atoms with Crippen molar-refractivity contribution in [2.45, 2.75) is 51.6 Å². The average Bonchev–Trinajstić information content (AvgIpc) is 3.26. The van der Waals surface area contributed by atoms with Crippen LogP contribution in [0.3, 0.4) is 0 Å². The number of anilines is 1. The molecule has 32 heavy (non-hydrogen) atoms. The molecule has 1 saturated heterocycles. The van der Waals surface area contributed by atoms with Crippen molar-refractivity contribution in [3.05, 3.63) is 30.1 Å². The van der Waals surface area contributed by atoms with Crippen LogP contribution in [0.25, 0.3) is 0 Å². The van der Waals surface area contributed by atoms with Gasteiger partial charge >= 0.3 is 0 Å². The number of nitrogens with zero attached hydrogens (tertiary/aromatic N) is 4. The van der Waals surface area contributed by atoms with Gasteiger partial charge in [-0.1, -0.05) is 6.07 Å². The number of nitrogens with one attached hydrogen (secondary N) is 1. The highest BCUT2D eigenvalue weighted by molar-refractivity contribution is 5.78. The predicted molar refractivity (Wildman–Crippen MR) is 114 cm³/mol. The second kappa shape index (κ2) is 9.70. The van der Waals surface area contributed by atoms with E-state index in [1.54, 1.807) is 11.0 Å². The molecule has 10 heteroatoms. The lowest BCUT2D eigenvalue weighted by Gasteiger charge is -2.40. The molecule has 2 aliphatic rings. The van der Waals surface area contributed by atoms with Crippen molar-refractivity contribution in [3.8, 4) is 11.5 Å². The predicted octanol–water partition coefficient (Wildman–Crippen LogP) is 3.29. The monoisotopic (exact) mass is 449 g/mol. The van der Waals surface area contributed by atoms with Gasteiger partial charge in [-0.05, 0) is 56.7 Å². The number of hydrogen-bond donors (Lipinski definition) is 1. The van der Waals surface area contributed by atoms with Crippen LogP contribution >= 0.6 is 0 Å².